The van der Waals surface area contributed by atoms with E-state index in [0.29, 0.717) is 41.6 Å². The number of furan rings is 1. The van der Waals surface area contributed by atoms with Gasteiger partial charge in [0.15, 0.2) is 10.9 Å². The molecule has 3 aromatic rings. The minimum atomic E-state index is -0.664. The molecule has 0 N–H and O–H groups in total. The van der Waals surface area contributed by atoms with Crippen LogP contribution >= 0.6 is 11.3 Å². The van der Waals surface area contributed by atoms with Crippen molar-refractivity contribution in [1.82, 2.24) is 9.88 Å². The molecule has 4 rings (SSSR count). The fraction of sp³-hybridized carbons (Fsp3) is 0.304. The number of ether oxygens (including phenoxy) is 2. The van der Waals surface area contributed by atoms with Gasteiger partial charge < -0.3 is 18.8 Å². The highest BCUT2D eigenvalue weighted by atomic mass is 32.1. The summed E-state index contributed by atoms with van der Waals surface area (Å²) in [6, 6.07) is 9.69. The summed E-state index contributed by atoms with van der Waals surface area (Å²) < 4.78 is 16.0. The van der Waals surface area contributed by atoms with Gasteiger partial charge in [-0.3, -0.25) is 14.5 Å². The van der Waals surface area contributed by atoms with Crippen LogP contribution in [0.25, 0.3) is 0 Å². The van der Waals surface area contributed by atoms with E-state index in [1.807, 2.05) is 12.1 Å². The fourth-order valence-corrected chi connectivity index (χ4v) is 4.59. The van der Waals surface area contributed by atoms with Gasteiger partial charge in [-0.2, -0.15) is 0 Å². The molecule has 9 nitrogen and oxygen atoms in total. The molecular weight excluding hydrogens is 446 g/mol. The Kier molecular flexibility index (Phi) is 6.74. The van der Waals surface area contributed by atoms with Crippen molar-refractivity contribution in [3.05, 3.63) is 59.5 Å². The molecule has 1 aliphatic heterocycles. The SMILES string of the molecule is COc1ccccc1N(C(C)=O)c1nc(COC(=O)C2CCCN2C(=O)c2ccco2)cs1. The van der Waals surface area contributed by atoms with Crippen LogP contribution in [0.15, 0.2) is 52.5 Å². The second kappa shape index (κ2) is 9.86. The molecule has 1 unspecified atom stereocenters. The number of nitrogens with zero attached hydrogens (tertiary/aromatic N) is 3. The molecule has 0 aliphatic carbocycles. The van der Waals surface area contributed by atoms with Gasteiger partial charge in [-0.1, -0.05) is 12.1 Å². The Bertz CT molecular complexity index is 1140. The van der Waals surface area contributed by atoms with Crippen LogP contribution in [0.5, 0.6) is 5.75 Å². The van der Waals surface area contributed by atoms with Crippen molar-refractivity contribution in [2.45, 2.75) is 32.4 Å². The number of benzene rings is 1. The molecule has 0 saturated carbocycles. The Morgan fingerprint density at radius 1 is 1.24 bits per heavy atom. The lowest BCUT2D eigenvalue weighted by Gasteiger charge is -2.22. The number of carbonyl (C=O) groups is 3. The summed E-state index contributed by atoms with van der Waals surface area (Å²) in [5, 5.41) is 2.17. The summed E-state index contributed by atoms with van der Waals surface area (Å²) in [6.07, 6.45) is 2.66. The topological polar surface area (TPSA) is 102 Å². The average Bonchev–Trinajstić information content (AvgIpc) is 3.59. The van der Waals surface area contributed by atoms with Crippen LogP contribution in [0.3, 0.4) is 0 Å². The number of esters is 1. The van der Waals surface area contributed by atoms with E-state index in [-0.39, 0.29) is 24.2 Å². The van der Waals surface area contributed by atoms with Crippen LogP contribution in [0, 0.1) is 0 Å². The molecule has 3 heterocycles. The minimum absolute atomic E-state index is 0.0632. The van der Waals surface area contributed by atoms with Crippen molar-refractivity contribution in [2.24, 2.45) is 0 Å². The number of hydrogen-bond donors (Lipinski definition) is 0. The standard InChI is InChI=1S/C23H23N3O6S/c1-15(27)26(17-7-3-4-9-19(17)30-2)23-24-16(14-33-23)13-32-22(29)18-8-5-11-25(18)21(28)20-10-6-12-31-20/h3-4,6-7,9-10,12,14,18H,5,8,11,13H2,1-2H3. The van der Waals surface area contributed by atoms with Crippen molar-refractivity contribution < 1.29 is 28.3 Å². The molecule has 1 saturated heterocycles. The third-order valence-electron chi connectivity index (χ3n) is 5.25. The molecule has 33 heavy (non-hydrogen) atoms. The summed E-state index contributed by atoms with van der Waals surface area (Å²) in [7, 11) is 1.53. The van der Waals surface area contributed by atoms with Gasteiger partial charge in [-0.25, -0.2) is 9.78 Å². The molecule has 172 valence electrons. The van der Waals surface area contributed by atoms with Gasteiger partial charge in [0.05, 0.1) is 24.8 Å². The predicted molar refractivity (Wildman–Crippen MR) is 120 cm³/mol. The second-order valence-electron chi connectivity index (χ2n) is 7.39. The molecule has 0 bridgehead atoms. The van der Waals surface area contributed by atoms with Gasteiger partial charge in [0, 0.05) is 18.8 Å². The number of amides is 2. The van der Waals surface area contributed by atoms with E-state index in [0.717, 1.165) is 0 Å². The Balaban J connectivity index is 1.43. The quantitative estimate of drug-likeness (QED) is 0.485. The van der Waals surface area contributed by atoms with Gasteiger partial charge >= 0.3 is 5.97 Å². The van der Waals surface area contributed by atoms with E-state index in [9.17, 15) is 14.4 Å². The first kappa shape index (κ1) is 22.5. The number of likely N-dealkylation sites (tertiary alicyclic amines) is 1. The minimum Gasteiger partial charge on any atom is -0.495 e. The highest BCUT2D eigenvalue weighted by Crippen LogP contribution is 2.35. The van der Waals surface area contributed by atoms with Crippen LogP contribution in [0.2, 0.25) is 0 Å². The second-order valence-corrected chi connectivity index (χ2v) is 8.23. The maximum atomic E-state index is 12.7. The zero-order valence-corrected chi connectivity index (χ0v) is 19.0. The molecule has 0 radical (unpaired) electrons. The fourth-order valence-electron chi connectivity index (χ4n) is 3.73. The highest BCUT2D eigenvalue weighted by Gasteiger charge is 2.36. The average molecular weight is 470 g/mol. The monoisotopic (exact) mass is 469 g/mol. The van der Waals surface area contributed by atoms with Gasteiger partial charge in [-0.15, -0.1) is 11.3 Å². The Morgan fingerprint density at radius 2 is 2.06 bits per heavy atom. The third-order valence-corrected chi connectivity index (χ3v) is 6.13. The van der Waals surface area contributed by atoms with E-state index >= 15 is 0 Å². The van der Waals surface area contributed by atoms with Crippen molar-refractivity contribution in [3.8, 4) is 5.75 Å². The van der Waals surface area contributed by atoms with Gasteiger partial charge in [0.25, 0.3) is 5.91 Å². The van der Waals surface area contributed by atoms with E-state index in [1.165, 1.54) is 41.4 Å². The van der Waals surface area contributed by atoms with Gasteiger partial charge in [-0.05, 0) is 37.1 Å². The number of carbonyl (C=O) groups excluding carboxylic acids is 3. The van der Waals surface area contributed by atoms with E-state index < -0.39 is 12.0 Å². The van der Waals surface area contributed by atoms with Crippen molar-refractivity contribution >= 4 is 39.9 Å². The van der Waals surface area contributed by atoms with Crippen molar-refractivity contribution in [1.29, 1.82) is 0 Å². The molecule has 1 aromatic carbocycles. The Labute approximate surface area is 194 Å². The number of methoxy groups -OCH3 is 1. The van der Waals surface area contributed by atoms with Gasteiger partial charge in [0.1, 0.15) is 18.4 Å². The number of thiazole rings is 1. The van der Waals surface area contributed by atoms with Crippen molar-refractivity contribution in [3.63, 3.8) is 0 Å². The first-order valence-electron chi connectivity index (χ1n) is 10.4. The molecule has 1 fully saturated rings. The normalized spacial score (nSPS) is 15.3. The third kappa shape index (κ3) is 4.75. The lowest BCUT2D eigenvalue weighted by Crippen LogP contribution is -2.41. The molecule has 0 spiro atoms. The summed E-state index contributed by atoms with van der Waals surface area (Å²) in [5.41, 5.74) is 1.08. The Morgan fingerprint density at radius 3 is 2.79 bits per heavy atom. The molecule has 1 aliphatic rings. The van der Waals surface area contributed by atoms with Crippen LogP contribution in [-0.4, -0.2) is 47.4 Å². The summed E-state index contributed by atoms with van der Waals surface area (Å²) >= 11 is 1.26. The summed E-state index contributed by atoms with van der Waals surface area (Å²) in [5.74, 6) is -0.312. The zero-order chi connectivity index (χ0) is 23.4. The smallest absolute Gasteiger partial charge is 0.329 e. The number of anilines is 2. The lowest BCUT2D eigenvalue weighted by atomic mass is 10.2. The first-order valence-corrected chi connectivity index (χ1v) is 11.3. The lowest BCUT2D eigenvalue weighted by molar-refractivity contribution is -0.149. The van der Waals surface area contributed by atoms with Crippen LogP contribution in [-0.2, 0) is 20.9 Å². The maximum Gasteiger partial charge on any atom is 0.329 e. The first-order chi connectivity index (χ1) is 16.0. The molecule has 2 amide bonds. The van der Waals surface area contributed by atoms with E-state index in [4.69, 9.17) is 13.9 Å². The van der Waals surface area contributed by atoms with E-state index in [2.05, 4.69) is 4.98 Å². The van der Waals surface area contributed by atoms with Crippen LogP contribution in [0.4, 0.5) is 10.8 Å². The molecule has 1 atom stereocenters. The van der Waals surface area contributed by atoms with Crippen molar-refractivity contribution in [2.75, 3.05) is 18.6 Å². The number of hydrogen-bond acceptors (Lipinski definition) is 8. The van der Waals surface area contributed by atoms with Gasteiger partial charge in [0.2, 0.25) is 5.91 Å². The van der Waals surface area contributed by atoms with E-state index in [1.54, 1.807) is 29.6 Å². The molecule has 10 heteroatoms. The number of aromatic nitrogens is 1. The largest absolute Gasteiger partial charge is 0.495 e. The number of para-hydroxylation sites is 2. The maximum absolute atomic E-state index is 12.7. The highest BCUT2D eigenvalue weighted by molar-refractivity contribution is 7.14. The molecule has 2 aromatic heterocycles. The van der Waals surface area contributed by atoms with Crippen LogP contribution < -0.4 is 9.64 Å². The molecular formula is C23H23N3O6S. The predicted octanol–water partition coefficient (Wildman–Crippen LogP) is 3.78. The van der Waals surface area contributed by atoms with Crippen LogP contribution in [0.1, 0.15) is 36.0 Å². The summed E-state index contributed by atoms with van der Waals surface area (Å²) in [4.78, 5) is 45.1. The number of rotatable bonds is 7. The zero-order valence-electron chi connectivity index (χ0n) is 18.2. The summed E-state index contributed by atoms with van der Waals surface area (Å²) in [6.45, 7) is 1.84. The Hall–Kier alpha value is -3.66.